The Morgan fingerprint density at radius 2 is 2.11 bits per heavy atom. The second-order valence-corrected chi connectivity index (χ2v) is 4.28. The Balaban J connectivity index is 1.94. The Labute approximate surface area is 107 Å². The van der Waals surface area contributed by atoms with Crippen molar-refractivity contribution in [3.63, 3.8) is 0 Å². The predicted octanol–water partition coefficient (Wildman–Crippen LogP) is 2.49. The van der Waals surface area contributed by atoms with Gasteiger partial charge >= 0.3 is 0 Å². The molecule has 0 aliphatic carbocycles. The molecular formula is C14H19NO3. The van der Waals surface area contributed by atoms with Crippen LogP contribution in [0, 0.1) is 0 Å². The van der Waals surface area contributed by atoms with E-state index in [1.165, 1.54) is 5.06 Å². The van der Waals surface area contributed by atoms with E-state index in [0.717, 1.165) is 18.4 Å². The lowest BCUT2D eigenvalue weighted by Gasteiger charge is -2.33. The van der Waals surface area contributed by atoms with Gasteiger partial charge in [-0.05, 0) is 25.3 Å². The Hall–Kier alpha value is -1.39. The molecule has 1 aromatic carbocycles. The Kier molecular flexibility index (Phi) is 4.73. The molecule has 1 saturated heterocycles. The molecule has 0 spiro atoms. The Morgan fingerprint density at radius 3 is 2.83 bits per heavy atom. The van der Waals surface area contributed by atoms with Gasteiger partial charge in [0.15, 0.2) is 6.23 Å². The molecule has 1 heterocycles. The van der Waals surface area contributed by atoms with Gasteiger partial charge < -0.3 is 4.74 Å². The number of hydrogen-bond acceptors (Lipinski definition) is 3. The molecule has 1 fully saturated rings. The van der Waals surface area contributed by atoms with Crippen molar-refractivity contribution in [3.05, 3.63) is 35.9 Å². The molecular weight excluding hydrogens is 230 g/mol. The standard InChI is InChI=1S/C14H19NO3/c1-2-17-14-10-6-9-13(16)15(14)18-11-12-7-4-3-5-8-12/h3-5,7-8,14H,2,6,9-11H2,1H3. The maximum atomic E-state index is 11.8. The van der Waals surface area contributed by atoms with Crippen molar-refractivity contribution in [2.75, 3.05) is 6.61 Å². The minimum Gasteiger partial charge on any atom is -0.356 e. The van der Waals surface area contributed by atoms with Gasteiger partial charge in [0.25, 0.3) is 0 Å². The van der Waals surface area contributed by atoms with Crippen molar-refractivity contribution in [1.29, 1.82) is 0 Å². The molecule has 4 nitrogen and oxygen atoms in total. The third-order valence-corrected chi connectivity index (χ3v) is 2.92. The summed E-state index contributed by atoms with van der Waals surface area (Å²) in [6.07, 6.45) is 2.02. The van der Waals surface area contributed by atoms with Crippen LogP contribution in [0.5, 0.6) is 0 Å². The van der Waals surface area contributed by atoms with E-state index in [4.69, 9.17) is 9.57 Å². The van der Waals surface area contributed by atoms with Crippen molar-refractivity contribution < 1.29 is 14.4 Å². The molecule has 18 heavy (non-hydrogen) atoms. The van der Waals surface area contributed by atoms with Crippen LogP contribution in [0.15, 0.2) is 30.3 Å². The molecule has 1 aliphatic heterocycles. The van der Waals surface area contributed by atoms with Crippen LogP contribution in [0.1, 0.15) is 31.7 Å². The highest BCUT2D eigenvalue weighted by Crippen LogP contribution is 2.20. The van der Waals surface area contributed by atoms with Gasteiger partial charge in [0.1, 0.15) is 6.61 Å². The molecule has 0 N–H and O–H groups in total. The molecule has 0 bridgehead atoms. The summed E-state index contributed by atoms with van der Waals surface area (Å²) in [6.45, 7) is 2.91. The van der Waals surface area contributed by atoms with Gasteiger partial charge in [-0.15, -0.1) is 0 Å². The molecule has 0 aromatic heterocycles. The number of hydrogen-bond donors (Lipinski definition) is 0. The van der Waals surface area contributed by atoms with Crippen LogP contribution in [0.2, 0.25) is 0 Å². The molecule has 2 rings (SSSR count). The van der Waals surface area contributed by atoms with E-state index >= 15 is 0 Å². The molecule has 0 saturated carbocycles. The van der Waals surface area contributed by atoms with Gasteiger partial charge in [-0.3, -0.25) is 9.63 Å². The van der Waals surface area contributed by atoms with E-state index in [1.807, 2.05) is 37.3 Å². The number of piperidine rings is 1. The van der Waals surface area contributed by atoms with Crippen LogP contribution in [0.25, 0.3) is 0 Å². The van der Waals surface area contributed by atoms with Gasteiger partial charge in [-0.25, -0.2) is 0 Å². The first-order valence-corrected chi connectivity index (χ1v) is 6.41. The highest BCUT2D eigenvalue weighted by Gasteiger charge is 2.29. The van der Waals surface area contributed by atoms with E-state index in [2.05, 4.69) is 0 Å². The zero-order chi connectivity index (χ0) is 12.8. The van der Waals surface area contributed by atoms with E-state index in [-0.39, 0.29) is 12.1 Å². The number of carbonyl (C=O) groups excluding carboxylic acids is 1. The number of nitrogens with zero attached hydrogens (tertiary/aromatic N) is 1. The first-order valence-electron chi connectivity index (χ1n) is 6.41. The first kappa shape index (κ1) is 13.1. The second-order valence-electron chi connectivity index (χ2n) is 4.28. The lowest BCUT2D eigenvalue weighted by Crippen LogP contribution is -2.44. The van der Waals surface area contributed by atoms with Crippen LogP contribution in [-0.2, 0) is 21.0 Å². The largest absolute Gasteiger partial charge is 0.356 e. The maximum absolute atomic E-state index is 11.8. The number of ether oxygens (including phenoxy) is 1. The SMILES string of the molecule is CCOC1CCCC(=O)N1OCc1ccccc1. The quantitative estimate of drug-likeness (QED) is 0.804. The Bertz CT molecular complexity index is 378. The smallest absolute Gasteiger partial charge is 0.248 e. The highest BCUT2D eigenvalue weighted by molar-refractivity contribution is 5.75. The zero-order valence-corrected chi connectivity index (χ0v) is 10.7. The summed E-state index contributed by atoms with van der Waals surface area (Å²) < 4.78 is 5.53. The van der Waals surface area contributed by atoms with Crippen LogP contribution in [0.3, 0.4) is 0 Å². The van der Waals surface area contributed by atoms with Gasteiger partial charge in [-0.1, -0.05) is 30.3 Å². The number of amides is 1. The third kappa shape index (κ3) is 3.31. The summed E-state index contributed by atoms with van der Waals surface area (Å²) in [5.74, 6) is 0.00984. The van der Waals surface area contributed by atoms with Gasteiger partial charge in [-0.2, -0.15) is 5.06 Å². The fourth-order valence-electron chi connectivity index (χ4n) is 2.03. The Morgan fingerprint density at radius 1 is 1.33 bits per heavy atom. The van der Waals surface area contributed by atoms with Crippen molar-refractivity contribution in [1.82, 2.24) is 5.06 Å². The molecule has 1 atom stereocenters. The predicted molar refractivity (Wildman–Crippen MR) is 67.3 cm³/mol. The van der Waals surface area contributed by atoms with E-state index < -0.39 is 0 Å². The summed E-state index contributed by atoms with van der Waals surface area (Å²) in [5.41, 5.74) is 1.05. The van der Waals surface area contributed by atoms with Crippen molar-refractivity contribution in [2.24, 2.45) is 0 Å². The average molecular weight is 249 g/mol. The van der Waals surface area contributed by atoms with Crippen molar-refractivity contribution in [2.45, 2.75) is 39.0 Å². The molecule has 1 aliphatic rings. The molecule has 1 amide bonds. The van der Waals surface area contributed by atoms with Crippen molar-refractivity contribution >= 4 is 5.91 Å². The molecule has 1 aromatic rings. The summed E-state index contributed by atoms with van der Waals surface area (Å²) in [6, 6.07) is 9.82. The summed E-state index contributed by atoms with van der Waals surface area (Å²) in [5, 5.41) is 1.40. The zero-order valence-electron chi connectivity index (χ0n) is 10.7. The monoisotopic (exact) mass is 249 g/mol. The molecule has 4 heteroatoms. The summed E-state index contributed by atoms with van der Waals surface area (Å²) in [7, 11) is 0. The lowest BCUT2D eigenvalue weighted by molar-refractivity contribution is -0.258. The van der Waals surface area contributed by atoms with E-state index in [9.17, 15) is 4.79 Å². The third-order valence-electron chi connectivity index (χ3n) is 2.92. The normalized spacial score (nSPS) is 20.2. The number of benzene rings is 1. The van der Waals surface area contributed by atoms with E-state index in [1.54, 1.807) is 0 Å². The van der Waals surface area contributed by atoms with Crippen LogP contribution >= 0.6 is 0 Å². The second kappa shape index (κ2) is 6.52. The van der Waals surface area contributed by atoms with Gasteiger partial charge in [0.05, 0.1) is 0 Å². The first-order chi connectivity index (χ1) is 8.81. The minimum absolute atomic E-state index is 0.00984. The summed E-state index contributed by atoms with van der Waals surface area (Å²) >= 11 is 0. The molecule has 1 unspecified atom stereocenters. The fourth-order valence-corrected chi connectivity index (χ4v) is 2.03. The van der Waals surface area contributed by atoms with E-state index in [0.29, 0.717) is 19.6 Å². The van der Waals surface area contributed by atoms with Crippen LogP contribution in [0.4, 0.5) is 0 Å². The molecule has 0 radical (unpaired) electrons. The number of rotatable bonds is 5. The van der Waals surface area contributed by atoms with Crippen LogP contribution in [-0.4, -0.2) is 23.8 Å². The lowest BCUT2D eigenvalue weighted by atomic mass is 10.1. The fraction of sp³-hybridized carbons (Fsp3) is 0.500. The molecule has 98 valence electrons. The van der Waals surface area contributed by atoms with Crippen LogP contribution < -0.4 is 0 Å². The van der Waals surface area contributed by atoms with Gasteiger partial charge in [0.2, 0.25) is 5.91 Å². The topological polar surface area (TPSA) is 38.8 Å². The maximum Gasteiger partial charge on any atom is 0.248 e. The number of hydroxylamine groups is 2. The highest BCUT2D eigenvalue weighted by atomic mass is 16.7. The summed E-state index contributed by atoms with van der Waals surface area (Å²) in [4.78, 5) is 17.4. The van der Waals surface area contributed by atoms with Crippen molar-refractivity contribution in [3.8, 4) is 0 Å². The number of carbonyl (C=O) groups is 1. The van der Waals surface area contributed by atoms with Gasteiger partial charge in [0, 0.05) is 13.0 Å². The minimum atomic E-state index is -0.236. The average Bonchev–Trinajstić information content (AvgIpc) is 2.40.